The lowest BCUT2D eigenvalue weighted by Gasteiger charge is -2.32. The van der Waals surface area contributed by atoms with E-state index >= 15 is 4.57 Å². The average molecular weight is 542 g/mol. The number of aryl methyl sites for hydroxylation is 1. The highest BCUT2D eigenvalue weighted by Gasteiger charge is 2.43. The predicted molar refractivity (Wildman–Crippen MR) is 164 cm³/mol. The fourth-order valence-corrected chi connectivity index (χ4v) is 7.51. The Hall–Kier alpha value is -4.53. The first kappa shape index (κ1) is 24.5. The molecule has 0 amide bonds. The van der Waals surface area contributed by atoms with Gasteiger partial charge >= 0.3 is 7.60 Å². The van der Waals surface area contributed by atoms with Gasteiger partial charge in [0.15, 0.2) is 5.78 Å². The molecule has 1 aliphatic rings. The van der Waals surface area contributed by atoms with Crippen LogP contribution in [0.2, 0.25) is 0 Å². The van der Waals surface area contributed by atoms with Gasteiger partial charge in [0, 0.05) is 23.2 Å². The zero-order chi connectivity index (χ0) is 27.1. The van der Waals surface area contributed by atoms with Crippen molar-refractivity contribution in [1.82, 2.24) is 0 Å². The van der Waals surface area contributed by atoms with Crippen molar-refractivity contribution in [1.29, 1.82) is 0 Å². The van der Waals surface area contributed by atoms with E-state index in [1.54, 1.807) is 0 Å². The number of anilines is 1. The molecule has 0 aliphatic carbocycles. The summed E-state index contributed by atoms with van der Waals surface area (Å²) in [6, 6.07) is 42.3. The molecular formula is C35H28NO3P. The Balaban J connectivity index is 1.48. The van der Waals surface area contributed by atoms with E-state index < -0.39 is 13.4 Å². The zero-order valence-electron chi connectivity index (χ0n) is 22.1. The molecule has 0 aromatic heterocycles. The molecule has 0 radical (unpaired) electrons. The van der Waals surface area contributed by atoms with Crippen LogP contribution < -0.4 is 14.4 Å². The van der Waals surface area contributed by atoms with E-state index in [0.29, 0.717) is 17.9 Å². The molecule has 1 aliphatic heterocycles. The number of fused-ring (bicyclic) bond motifs is 6. The number of benzene rings is 6. The molecule has 4 nitrogen and oxygen atoms in total. The molecule has 0 saturated carbocycles. The van der Waals surface area contributed by atoms with E-state index in [0.717, 1.165) is 49.5 Å². The van der Waals surface area contributed by atoms with Crippen LogP contribution in [0.15, 0.2) is 127 Å². The second kappa shape index (κ2) is 9.89. The van der Waals surface area contributed by atoms with Crippen molar-refractivity contribution >= 4 is 34.8 Å². The van der Waals surface area contributed by atoms with Crippen LogP contribution in [0.1, 0.15) is 28.0 Å². The summed E-state index contributed by atoms with van der Waals surface area (Å²) in [7, 11) is -3.93. The van der Waals surface area contributed by atoms with Gasteiger partial charge in [-0.3, -0.25) is 0 Å². The van der Waals surface area contributed by atoms with Crippen LogP contribution in [0, 0.1) is 6.92 Å². The minimum Gasteiger partial charge on any atom is -0.414 e. The molecule has 0 fully saturated rings. The maximum Gasteiger partial charge on any atom is 0.457 e. The molecule has 5 heteroatoms. The third-order valence-electron chi connectivity index (χ3n) is 7.59. The first-order chi connectivity index (χ1) is 19.6. The minimum atomic E-state index is -3.93. The number of nitrogens with one attached hydrogen (secondary N) is 1. The SMILES string of the molecule is Cc1ccc(C(Nc2ccccc2)P2(=O)Oc3ccc4ccccc4c3Cc3c(ccc4ccccc34)O2)cc1. The first-order valence-electron chi connectivity index (χ1n) is 13.5. The van der Waals surface area contributed by atoms with Crippen LogP contribution in [0.3, 0.4) is 0 Å². The molecule has 1 heterocycles. The second-order valence-electron chi connectivity index (χ2n) is 10.2. The fraction of sp³-hybridized carbons (Fsp3) is 0.0857. The van der Waals surface area contributed by atoms with Gasteiger partial charge in [-0.25, -0.2) is 4.57 Å². The van der Waals surface area contributed by atoms with Gasteiger partial charge in [0.05, 0.1) is 0 Å². The highest BCUT2D eigenvalue weighted by Crippen LogP contribution is 2.62. The van der Waals surface area contributed by atoms with Gasteiger partial charge in [-0.15, -0.1) is 0 Å². The van der Waals surface area contributed by atoms with Gasteiger partial charge < -0.3 is 14.4 Å². The number of para-hydroxylation sites is 1. The Kier molecular flexibility index (Phi) is 6.06. The molecule has 0 bridgehead atoms. The van der Waals surface area contributed by atoms with Crippen molar-refractivity contribution in [2.75, 3.05) is 5.32 Å². The van der Waals surface area contributed by atoms with Crippen molar-refractivity contribution in [3.63, 3.8) is 0 Å². The van der Waals surface area contributed by atoms with Crippen molar-refractivity contribution in [3.05, 3.63) is 150 Å². The van der Waals surface area contributed by atoms with Crippen molar-refractivity contribution in [2.45, 2.75) is 19.1 Å². The summed E-state index contributed by atoms with van der Waals surface area (Å²) in [5.41, 5.74) is 4.77. The lowest BCUT2D eigenvalue weighted by molar-refractivity contribution is 0.371. The normalized spacial score (nSPS) is 14.6. The molecule has 196 valence electrons. The lowest BCUT2D eigenvalue weighted by atomic mass is 9.93. The number of rotatable bonds is 4. The molecule has 7 rings (SSSR count). The van der Waals surface area contributed by atoms with E-state index in [9.17, 15) is 0 Å². The summed E-state index contributed by atoms with van der Waals surface area (Å²) in [6.07, 6.45) is 0.592. The smallest absolute Gasteiger partial charge is 0.414 e. The quantitative estimate of drug-likeness (QED) is 0.226. The van der Waals surface area contributed by atoms with Gasteiger partial charge in [-0.05, 0) is 58.3 Å². The van der Waals surface area contributed by atoms with E-state index in [-0.39, 0.29) is 0 Å². The van der Waals surface area contributed by atoms with E-state index in [1.807, 2.05) is 110 Å². The maximum absolute atomic E-state index is 15.3. The molecule has 0 saturated heterocycles. The van der Waals surface area contributed by atoms with Crippen LogP contribution in [-0.2, 0) is 11.0 Å². The van der Waals surface area contributed by atoms with Crippen LogP contribution in [-0.4, -0.2) is 0 Å². The Morgan fingerprint density at radius 1 is 0.625 bits per heavy atom. The minimum absolute atomic E-state index is 0.576. The summed E-state index contributed by atoms with van der Waals surface area (Å²) in [4.78, 5) is 0. The third-order valence-corrected chi connectivity index (χ3v) is 9.55. The van der Waals surface area contributed by atoms with Crippen molar-refractivity contribution in [2.24, 2.45) is 0 Å². The van der Waals surface area contributed by atoms with Gasteiger partial charge in [0.2, 0.25) is 0 Å². The molecule has 6 aromatic rings. The Bertz CT molecular complexity index is 1810. The van der Waals surface area contributed by atoms with Crippen LogP contribution >= 0.6 is 7.60 Å². The third kappa shape index (κ3) is 4.41. The van der Waals surface area contributed by atoms with E-state index in [4.69, 9.17) is 9.05 Å². The molecule has 6 aromatic carbocycles. The molecular weight excluding hydrogens is 513 g/mol. The number of hydrogen-bond donors (Lipinski definition) is 1. The second-order valence-corrected chi connectivity index (χ2v) is 12.2. The predicted octanol–water partition coefficient (Wildman–Crippen LogP) is 9.67. The highest BCUT2D eigenvalue weighted by atomic mass is 31.2. The highest BCUT2D eigenvalue weighted by molar-refractivity contribution is 7.55. The molecule has 1 unspecified atom stereocenters. The summed E-state index contributed by atoms with van der Waals surface area (Å²) in [5.74, 6) is 0.396. The zero-order valence-corrected chi connectivity index (χ0v) is 23.0. The van der Waals surface area contributed by atoms with Gasteiger partial charge in [-0.1, -0.05) is 109 Å². The van der Waals surface area contributed by atoms with Crippen LogP contribution in [0.25, 0.3) is 21.5 Å². The Labute approximate surface area is 233 Å². The van der Waals surface area contributed by atoms with Crippen LogP contribution in [0.4, 0.5) is 5.69 Å². The van der Waals surface area contributed by atoms with E-state index in [2.05, 4.69) is 29.6 Å². The monoisotopic (exact) mass is 541 g/mol. The van der Waals surface area contributed by atoms with Gasteiger partial charge in [0.1, 0.15) is 11.5 Å². The van der Waals surface area contributed by atoms with Gasteiger partial charge in [0.25, 0.3) is 0 Å². The molecule has 1 atom stereocenters. The summed E-state index contributed by atoms with van der Waals surface area (Å²) in [5, 5.41) is 7.88. The molecule has 0 spiro atoms. The van der Waals surface area contributed by atoms with Gasteiger partial charge in [-0.2, -0.15) is 0 Å². The fourth-order valence-electron chi connectivity index (χ4n) is 5.53. The van der Waals surface area contributed by atoms with Crippen LogP contribution in [0.5, 0.6) is 11.5 Å². The summed E-state index contributed by atoms with van der Waals surface area (Å²) >= 11 is 0. The summed E-state index contributed by atoms with van der Waals surface area (Å²) < 4.78 is 28.5. The van der Waals surface area contributed by atoms with E-state index in [1.165, 1.54) is 0 Å². The Morgan fingerprint density at radius 3 is 1.73 bits per heavy atom. The lowest BCUT2D eigenvalue weighted by Crippen LogP contribution is -2.20. The average Bonchev–Trinajstić information content (AvgIpc) is 2.98. The standard InChI is InChI=1S/C35H28NO3P/c1-24-15-17-27(18-16-24)35(36-28-11-3-2-4-12-28)40(37)38-33-21-19-25-9-5-7-13-29(25)31(33)23-32-30-14-8-6-10-26(30)20-22-34(32)39-40/h2-22,35-36H,23H2,1H3. The number of hydrogen-bond acceptors (Lipinski definition) is 4. The molecule has 40 heavy (non-hydrogen) atoms. The summed E-state index contributed by atoms with van der Waals surface area (Å²) in [6.45, 7) is 2.04. The Morgan fingerprint density at radius 2 is 1.15 bits per heavy atom. The first-order valence-corrected chi connectivity index (χ1v) is 15.1. The molecule has 1 N–H and O–H groups in total. The largest absolute Gasteiger partial charge is 0.457 e. The maximum atomic E-state index is 15.3. The van der Waals surface area contributed by atoms with Crippen molar-refractivity contribution in [3.8, 4) is 11.5 Å². The topological polar surface area (TPSA) is 47.6 Å². The van der Waals surface area contributed by atoms with Crippen molar-refractivity contribution < 1.29 is 13.6 Å².